The van der Waals surface area contributed by atoms with Crippen LogP contribution in [0.1, 0.15) is 23.6 Å². The molecule has 1 aliphatic heterocycles. The monoisotopic (exact) mass is 544 g/mol. The first-order chi connectivity index (χ1) is 17.4. The second kappa shape index (κ2) is 11.8. The molecule has 0 saturated carbocycles. The van der Waals surface area contributed by atoms with Gasteiger partial charge in [0.25, 0.3) is 5.91 Å². The normalized spacial score (nSPS) is 16.1. The van der Waals surface area contributed by atoms with Gasteiger partial charge in [-0.3, -0.25) is 4.79 Å². The summed E-state index contributed by atoms with van der Waals surface area (Å²) in [5, 5.41) is 7.32. The minimum Gasteiger partial charge on any atom is -0.495 e. The van der Waals surface area contributed by atoms with E-state index in [2.05, 4.69) is 10.6 Å². The number of amides is 1. The minimum atomic E-state index is -0.344. The summed E-state index contributed by atoms with van der Waals surface area (Å²) < 4.78 is 17.2. The predicted molar refractivity (Wildman–Crippen MR) is 147 cm³/mol. The lowest BCUT2D eigenvalue weighted by Crippen LogP contribution is -2.31. The maximum absolute atomic E-state index is 12.7. The first-order valence-electron chi connectivity index (χ1n) is 11.3. The van der Waals surface area contributed by atoms with Crippen molar-refractivity contribution in [1.29, 1.82) is 0 Å². The zero-order chi connectivity index (χ0) is 25.7. The Morgan fingerprint density at radius 3 is 2.56 bits per heavy atom. The predicted octanol–water partition coefficient (Wildman–Crippen LogP) is 6.89. The molecule has 1 unspecified atom stereocenters. The number of benzene rings is 3. The van der Waals surface area contributed by atoms with Gasteiger partial charge in [-0.2, -0.15) is 0 Å². The number of carbonyl (C=O) groups is 1. The molecule has 1 amide bonds. The van der Waals surface area contributed by atoms with E-state index in [0.29, 0.717) is 45.4 Å². The maximum atomic E-state index is 12.7. The van der Waals surface area contributed by atoms with Gasteiger partial charge >= 0.3 is 0 Å². The van der Waals surface area contributed by atoms with Gasteiger partial charge in [-0.1, -0.05) is 53.2 Å². The van der Waals surface area contributed by atoms with E-state index in [1.54, 1.807) is 19.3 Å². The lowest BCUT2D eigenvalue weighted by atomic mass is 10.1. The van der Waals surface area contributed by atoms with E-state index in [1.807, 2.05) is 62.4 Å². The fraction of sp³-hybridized carbons (Fsp3) is 0.222. The van der Waals surface area contributed by atoms with Crippen molar-refractivity contribution in [3.63, 3.8) is 0 Å². The van der Waals surface area contributed by atoms with Crippen molar-refractivity contribution in [2.24, 2.45) is 0 Å². The Bertz CT molecular complexity index is 1280. The first-order valence-corrected chi connectivity index (χ1v) is 12.9. The van der Waals surface area contributed by atoms with Gasteiger partial charge < -0.3 is 24.8 Å². The average Bonchev–Trinajstić information content (AvgIpc) is 3.18. The molecule has 9 heteroatoms. The van der Waals surface area contributed by atoms with Gasteiger partial charge in [-0.25, -0.2) is 0 Å². The van der Waals surface area contributed by atoms with Gasteiger partial charge in [0.15, 0.2) is 17.0 Å². The van der Waals surface area contributed by atoms with Gasteiger partial charge in [0.1, 0.15) is 12.4 Å². The van der Waals surface area contributed by atoms with Crippen molar-refractivity contribution < 1.29 is 19.0 Å². The minimum absolute atomic E-state index is 0.179. The van der Waals surface area contributed by atoms with Crippen molar-refractivity contribution in [3.05, 3.63) is 86.2 Å². The number of rotatable bonds is 9. The first kappa shape index (κ1) is 26.1. The fourth-order valence-corrected chi connectivity index (χ4v) is 4.98. The number of aryl methyl sites for hydroxylation is 1. The van der Waals surface area contributed by atoms with Crippen molar-refractivity contribution in [2.75, 3.05) is 19.0 Å². The van der Waals surface area contributed by atoms with Gasteiger partial charge in [-0.05, 0) is 73.0 Å². The highest BCUT2D eigenvalue weighted by molar-refractivity contribution is 8.05. The molecule has 1 saturated heterocycles. The number of anilines is 1. The highest BCUT2D eigenvalue weighted by atomic mass is 35.5. The van der Waals surface area contributed by atoms with E-state index >= 15 is 0 Å². The van der Waals surface area contributed by atoms with Gasteiger partial charge in [-0.15, -0.1) is 0 Å². The average molecular weight is 545 g/mol. The number of carbonyl (C=O) groups excluding carboxylic acids is 1. The van der Waals surface area contributed by atoms with Crippen LogP contribution in [0.3, 0.4) is 0 Å². The topological polar surface area (TPSA) is 68.8 Å². The summed E-state index contributed by atoms with van der Waals surface area (Å²) in [6.07, 6.45) is 1.78. The third-order valence-electron chi connectivity index (χ3n) is 5.30. The Hall–Kier alpha value is -3.00. The van der Waals surface area contributed by atoms with Gasteiger partial charge in [0, 0.05) is 5.02 Å². The number of halogens is 2. The maximum Gasteiger partial charge on any atom is 0.260 e. The number of hydrogen-bond acceptors (Lipinski definition) is 6. The molecule has 0 bridgehead atoms. The molecular weight excluding hydrogens is 519 g/mol. The molecule has 0 radical (unpaired) electrons. The van der Waals surface area contributed by atoms with Crippen LogP contribution < -0.4 is 24.8 Å². The molecule has 4 rings (SSSR count). The van der Waals surface area contributed by atoms with Crippen LogP contribution >= 0.6 is 35.0 Å². The summed E-state index contributed by atoms with van der Waals surface area (Å²) in [5.41, 5.74) is 3.23. The Balaban J connectivity index is 1.52. The molecule has 6 nitrogen and oxygen atoms in total. The third kappa shape index (κ3) is 6.40. The van der Waals surface area contributed by atoms with Gasteiger partial charge in [0.05, 0.1) is 29.3 Å². The van der Waals surface area contributed by atoms with Crippen LogP contribution in [0.2, 0.25) is 10.0 Å². The summed E-state index contributed by atoms with van der Waals surface area (Å²) in [6, 6.07) is 16.8. The van der Waals surface area contributed by atoms with Crippen molar-refractivity contribution in [2.45, 2.75) is 26.0 Å². The Labute approximate surface area is 224 Å². The van der Waals surface area contributed by atoms with Crippen LogP contribution in [0, 0.1) is 6.92 Å². The molecule has 1 aliphatic rings. The Morgan fingerprint density at radius 2 is 1.83 bits per heavy atom. The van der Waals surface area contributed by atoms with E-state index in [0.717, 1.165) is 22.4 Å². The summed E-state index contributed by atoms with van der Waals surface area (Å²) in [7, 11) is 1.62. The second-order valence-corrected chi connectivity index (χ2v) is 10.00. The number of methoxy groups -OCH3 is 1. The molecule has 1 fully saturated rings. The lowest BCUT2D eigenvalue weighted by molar-refractivity contribution is -0.116. The quantitative estimate of drug-likeness (QED) is 0.286. The summed E-state index contributed by atoms with van der Waals surface area (Å²) in [5.74, 6) is 1.48. The second-order valence-electron chi connectivity index (χ2n) is 8.01. The zero-order valence-corrected chi connectivity index (χ0v) is 22.4. The molecule has 0 aliphatic carbocycles. The number of nitrogens with one attached hydrogen (secondary N) is 2. The van der Waals surface area contributed by atoms with Crippen LogP contribution in [-0.4, -0.2) is 25.1 Å². The molecular formula is C27H26Cl2N2O4S. The van der Waals surface area contributed by atoms with Crippen molar-refractivity contribution >= 4 is 52.6 Å². The van der Waals surface area contributed by atoms with Crippen LogP contribution in [0.4, 0.5) is 5.69 Å². The van der Waals surface area contributed by atoms with Gasteiger partial charge in [0.2, 0.25) is 0 Å². The largest absolute Gasteiger partial charge is 0.495 e. The molecule has 3 aromatic rings. The summed E-state index contributed by atoms with van der Waals surface area (Å²) in [4.78, 5) is 13.2. The zero-order valence-electron chi connectivity index (χ0n) is 20.1. The molecule has 3 aromatic carbocycles. The smallest absolute Gasteiger partial charge is 0.260 e. The Kier molecular flexibility index (Phi) is 8.56. The van der Waals surface area contributed by atoms with Crippen LogP contribution in [0.25, 0.3) is 6.08 Å². The van der Waals surface area contributed by atoms with Crippen LogP contribution in [0.5, 0.6) is 17.2 Å². The number of thioether (sulfide) groups is 1. The highest BCUT2D eigenvalue weighted by Crippen LogP contribution is 2.39. The molecule has 188 valence electrons. The fourth-order valence-electron chi connectivity index (χ4n) is 3.60. The number of hydrogen-bond donors (Lipinski definition) is 2. The SMILES string of the molecule is CCOc1cc(/C=C2\SC(Nc3cc(C)ccc3OC)NC2=O)cc(Cl)c1OCc1ccc(Cl)cc1. The molecule has 0 spiro atoms. The van der Waals surface area contributed by atoms with E-state index in [-0.39, 0.29) is 11.4 Å². The Morgan fingerprint density at radius 1 is 1.06 bits per heavy atom. The van der Waals surface area contributed by atoms with E-state index in [4.69, 9.17) is 37.4 Å². The molecule has 1 atom stereocenters. The lowest BCUT2D eigenvalue weighted by Gasteiger charge is -2.16. The van der Waals surface area contributed by atoms with E-state index in [1.165, 1.54) is 11.8 Å². The highest BCUT2D eigenvalue weighted by Gasteiger charge is 2.28. The van der Waals surface area contributed by atoms with E-state index < -0.39 is 0 Å². The molecule has 36 heavy (non-hydrogen) atoms. The molecule has 1 heterocycles. The standard InChI is InChI=1S/C27H26Cl2N2O4S/c1-4-34-23-13-18(12-20(29)25(23)35-15-17-6-8-19(28)9-7-17)14-24-26(32)31-27(36-24)30-21-11-16(2)5-10-22(21)33-3/h5-14,27,30H,4,15H2,1-3H3,(H,31,32)/b24-14-. The molecule has 2 N–H and O–H groups in total. The molecule has 0 aromatic heterocycles. The number of ether oxygens (including phenoxy) is 3. The third-order valence-corrected chi connectivity index (χ3v) is 6.86. The van der Waals surface area contributed by atoms with Crippen LogP contribution in [0.15, 0.2) is 59.5 Å². The van der Waals surface area contributed by atoms with Crippen LogP contribution in [-0.2, 0) is 11.4 Å². The summed E-state index contributed by atoms with van der Waals surface area (Å²) >= 11 is 13.9. The summed E-state index contributed by atoms with van der Waals surface area (Å²) in [6.45, 7) is 4.63. The van der Waals surface area contributed by atoms with Crippen molar-refractivity contribution in [1.82, 2.24) is 5.32 Å². The van der Waals surface area contributed by atoms with Crippen molar-refractivity contribution in [3.8, 4) is 17.2 Å². The van der Waals surface area contributed by atoms with E-state index in [9.17, 15) is 4.79 Å².